The third kappa shape index (κ3) is 2.72. The summed E-state index contributed by atoms with van der Waals surface area (Å²) >= 11 is 0. The zero-order chi connectivity index (χ0) is 12.4. The molecule has 0 saturated heterocycles. The number of carbonyl (C=O) groups is 1. The van der Waals surface area contributed by atoms with E-state index in [1.807, 2.05) is 18.2 Å². The number of aromatic hydroxyl groups is 1. The van der Waals surface area contributed by atoms with Gasteiger partial charge in [0.05, 0.1) is 6.04 Å². The predicted octanol–water partition coefficient (Wildman–Crippen LogP) is 2.25. The van der Waals surface area contributed by atoms with Crippen LogP contribution in [0.25, 0.3) is 10.8 Å². The number of phenolic OH excluding ortho intramolecular Hbond substituents is 1. The topological polar surface area (TPSA) is 75.4 Å². The fraction of sp³-hybridized carbons (Fsp3) is 0.154. The molecule has 0 radical (unpaired) electrons. The van der Waals surface area contributed by atoms with E-state index >= 15 is 0 Å². The molecule has 96 valence electrons. The Morgan fingerprint density at radius 2 is 1.83 bits per heavy atom. The SMILES string of the molecule is C[C@@H](N)C(=O)Nc1ccc(O)c2ccccc12.Cl. The molecule has 0 heterocycles. The summed E-state index contributed by atoms with van der Waals surface area (Å²) in [5, 5.41) is 13.9. The van der Waals surface area contributed by atoms with Gasteiger partial charge in [0, 0.05) is 16.5 Å². The number of fused-ring (bicyclic) bond motifs is 1. The van der Waals surface area contributed by atoms with Gasteiger partial charge in [-0.05, 0) is 19.1 Å². The summed E-state index contributed by atoms with van der Waals surface area (Å²) in [6, 6.07) is 9.97. The largest absolute Gasteiger partial charge is 0.507 e. The van der Waals surface area contributed by atoms with Crippen LogP contribution in [0.4, 0.5) is 5.69 Å². The molecule has 0 bridgehead atoms. The van der Waals surface area contributed by atoms with Crippen LogP contribution >= 0.6 is 12.4 Å². The van der Waals surface area contributed by atoms with Crippen molar-refractivity contribution in [3.05, 3.63) is 36.4 Å². The minimum Gasteiger partial charge on any atom is -0.507 e. The fourth-order valence-electron chi connectivity index (χ4n) is 1.64. The molecule has 0 aliphatic rings. The average Bonchev–Trinajstić information content (AvgIpc) is 2.33. The number of nitrogens with two attached hydrogens (primary N) is 1. The monoisotopic (exact) mass is 266 g/mol. The lowest BCUT2D eigenvalue weighted by atomic mass is 10.1. The van der Waals surface area contributed by atoms with Crippen LogP contribution in [0.2, 0.25) is 0 Å². The second-order valence-corrected chi connectivity index (χ2v) is 3.96. The first-order valence-corrected chi connectivity index (χ1v) is 5.37. The number of rotatable bonds is 2. The van der Waals surface area contributed by atoms with Gasteiger partial charge in [0.2, 0.25) is 5.91 Å². The smallest absolute Gasteiger partial charge is 0.241 e. The summed E-state index contributed by atoms with van der Waals surface area (Å²) in [7, 11) is 0. The van der Waals surface area contributed by atoms with Gasteiger partial charge in [-0.3, -0.25) is 4.79 Å². The van der Waals surface area contributed by atoms with Gasteiger partial charge < -0.3 is 16.2 Å². The van der Waals surface area contributed by atoms with Crippen LogP contribution in [0.3, 0.4) is 0 Å². The third-order valence-corrected chi connectivity index (χ3v) is 2.57. The highest BCUT2D eigenvalue weighted by Gasteiger charge is 2.10. The Morgan fingerprint density at radius 1 is 1.22 bits per heavy atom. The van der Waals surface area contributed by atoms with Crippen molar-refractivity contribution >= 4 is 34.8 Å². The molecule has 5 heteroatoms. The first-order chi connectivity index (χ1) is 8.09. The zero-order valence-corrected chi connectivity index (χ0v) is 10.7. The second-order valence-electron chi connectivity index (χ2n) is 3.96. The van der Waals surface area contributed by atoms with Gasteiger partial charge in [0.25, 0.3) is 0 Å². The Balaban J connectivity index is 0.00000162. The van der Waals surface area contributed by atoms with Crippen molar-refractivity contribution in [2.45, 2.75) is 13.0 Å². The van der Waals surface area contributed by atoms with E-state index in [0.29, 0.717) is 11.1 Å². The van der Waals surface area contributed by atoms with Crippen LogP contribution in [0.5, 0.6) is 5.75 Å². The molecule has 0 aromatic heterocycles. The normalized spacial score (nSPS) is 11.7. The molecule has 18 heavy (non-hydrogen) atoms. The van der Waals surface area contributed by atoms with Crippen LogP contribution in [0, 0.1) is 0 Å². The van der Waals surface area contributed by atoms with Gasteiger partial charge in [-0.1, -0.05) is 24.3 Å². The number of halogens is 1. The maximum absolute atomic E-state index is 11.5. The van der Waals surface area contributed by atoms with E-state index in [-0.39, 0.29) is 24.1 Å². The van der Waals surface area contributed by atoms with Crippen molar-refractivity contribution in [2.75, 3.05) is 5.32 Å². The van der Waals surface area contributed by atoms with Crippen molar-refractivity contribution in [3.8, 4) is 5.75 Å². The van der Waals surface area contributed by atoms with Crippen LogP contribution in [-0.4, -0.2) is 17.1 Å². The van der Waals surface area contributed by atoms with E-state index in [2.05, 4.69) is 5.32 Å². The van der Waals surface area contributed by atoms with E-state index in [0.717, 1.165) is 5.39 Å². The molecular formula is C13H15ClN2O2. The molecular weight excluding hydrogens is 252 g/mol. The van der Waals surface area contributed by atoms with Crippen LogP contribution in [0.1, 0.15) is 6.92 Å². The van der Waals surface area contributed by atoms with Crippen LogP contribution < -0.4 is 11.1 Å². The number of amides is 1. The first-order valence-electron chi connectivity index (χ1n) is 5.37. The molecule has 2 aromatic rings. The standard InChI is InChI=1S/C13H14N2O2.ClH/c1-8(14)13(17)15-11-6-7-12(16)10-5-3-2-4-9(10)11;/h2-8,16H,14H2,1H3,(H,15,17);1H/t8-;/m1./s1. The van der Waals surface area contributed by atoms with Crippen LogP contribution in [-0.2, 0) is 4.79 Å². The Bertz CT molecular complexity index is 570. The lowest BCUT2D eigenvalue weighted by Gasteiger charge is -2.11. The Labute approximate surface area is 111 Å². The molecule has 4 nitrogen and oxygen atoms in total. The molecule has 0 spiro atoms. The van der Waals surface area contributed by atoms with Crippen molar-refractivity contribution in [2.24, 2.45) is 5.73 Å². The number of anilines is 1. The molecule has 0 fully saturated rings. The molecule has 1 amide bonds. The van der Waals surface area contributed by atoms with E-state index in [1.54, 1.807) is 25.1 Å². The van der Waals surface area contributed by atoms with Gasteiger partial charge in [0.1, 0.15) is 5.75 Å². The van der Waals surface area contributed by atoms with E-state index in [4.69, 9.17) is 5.73 Å². The summed E-state index contributed by atoms with van der Waals surface area (Å²) < 4.78 is 0. The maximum Gasteiger partial charge on any atom is 0.241 e. The molecule has 0 aliphatic carbocycles. The first kappa shape index (κ1) is 14.3. The Kier molecular flexibility index (Phi) is 4.53. The molecule has 0 unspecified atom stereocenters. The molecule has 2 rings (SSSR count). The number of carbonyl (C=O) groups excluding carboxylic acids is 1. The number of hydrogen-bond acceptors (Lipinski definition) is 3. The lowest BCUT2D eigenvalue weighted by molar-refractivity contribution is -0.117. The number of hydrogen-bond donors (Lipinski definition) is 3. The fourth-order valence-corrected chi connectivity index (χ4v) is 1.64. The lowest BCUT2D eigenvalue weighted by Crippen LogP contribution is -2.32. The van der Waals surface area contributed by atoms with Gasteiger partial charge in [-0.15, -0.1) is 12.4 Å². The summed E-state index contributed by atoms with van der Waals surface area (Å²) in [5.41, 5.74) is 6.15. The highest BCUT2D eigenvalue weighted by atomic mass is 35.5. The minimum atomic E-state index is -0.567. The molecule has 0 saturated carbocycles. The maximum atomic E-state index is 11.5. The van der Waals surface area contributed by atoms with Crippen molar-refractivity contribution in [1.82, 2.24) is 0 Å². The summed E-state index contributed by atoms with van der Waals surface area (Å²) in [5.74, 6) is -0.0553. The Morgan fingerprint density at radius 3 is 2.44 bits per heavy atom. The van der Waals surface area contributed by atoms with Gasteiger partial charge in [-0.25, -0.2) is 0 Å². The second kappa shape index (κ2) is 5.71. The third-order valence-electron chi connectivity index (χ3n) is 2.57. The zero-order valence-electron chi connectivity index (χ0n) is 9.88. The van der Waals surface area contributed by atoms with Crippen molar-refractivity contribution in [3.63, 3.8) is 0 Å². The van der Waals surface area contributed by atoms with E-state index in [1.165, 1.54) is 0 Å². The molecule has 4 N–H and O–H groups in total. The predicted molar refractivity (Wildman–Crippen MR) is 75.1 cm³/mol. The summed E-state index contributed by atoms with van der Waals surface area (Å²) in [6.07, 6.45) is 0. The highest BCUT2D eigenvalue weighted by Crippen LogP contribution is 2.30. The van der Waals surface area contributed by atoms with Gasteiger partial charge >= 0.3 is 0 Å². The molecule has 2 aromatic carbocycles. The van der Waals surface area contributed by atoms with Crippen molar-refractivity contribution in [1.29, 1.82) is 0 Å². The summed E-state index contributed by atoms with van der Waals surface area (Å²) in [4.78, 5) is 11.5. The van der Waals surface area contributed by atoms with E-state index < -0.39 is 6.04 Å². The van der Waals surface area contributed by atoms with E-state index in [9.17, 15) is 9.90 Å². The quantitative estimate of drug-likeness (QED) is 0.730. The highest BCUT2D eigenvalue weighted by molar-refractivity contribution is 6.05. The number of phenols is 1. The Hall–Kier alpha value is -1.78. The van der Waals surface area contributed by atoms with Gasteiger partial charge in [-0.2, -0.15) is 0 Å². The number of nitrogens with one attached hydrogen (secondary N) is 1. The average molecular weight is 267 g/mol. The molecule has 1 atom stereocenters. The van der Waals surface area contributed by atoms with Gasteiger partial charge in [0.15, 0.2) is 0 Å². The van der Waals surface area contributed by atoms with Crippen molar-refractivity contribution < 1.29 is 9.90 Å². The summed E-state index contributed by atoms with van der Waals surface area (Å²) in [6.45, 7) is 1.62. The van der Waals surface area contributed by atoms with Crippen LogP contribution in [0.15, 0.2) is 36.4 Å². The number of benzene rings is 2. The minimum absolute atomic E-state index is 0. The molecule has 0 aliphatic heterocycles.